The van der Waals surface area contributed by atoms with Crippen molar-refractivity contribution in [2.24, 2.45) is 5.84 Å². The SMILES string of the molecule is NNC(CC1CCOc2ccccc21)C(F)(F)F. The maximum absolute atomic E-state index is 12.7. The van der Waals surface area contributed by atoms with Gasteiger partial charge in [0.25, 0.3) is 0 Å². The van der Waals surface area contributed by atoms with Crippen LogP contribution in [0.15, 0.2) is 24.3 Å². The van der Waals surface area contributed by atoms with E-state index < -0.39 is 12.2 Å². The molecule has 0 aliphatic carbocycles. The number of rotatable bonds is 3. The van der Waals surface area contributed by atoms with E-state index in [1.54, 1.807) is 12.1 Å². The normalized spacial score (nSPS) is 21.0. The largest absolute Gasteiger partial charge is 0.493 e. The molecule has 0 aromatic heterocycles. The Balaban J connectivity index is 2.16. The summed E-state index contributed by atoms with van der Waals surface area (Å²) < 4.78 is 43.5. The number of hydrogen-bond acceptors (Lipinski definition) is 3. The van der Waals surface area contributed by atoms with Gasteiger partial charge in [0, 0.05) is 0 Å². The van der Waals surface area contributed by atoms with Gasteiger partial charge < -0.3 is 4.74 Å². The van der Waals surface area contributed by atoms with E-state index in [2.05, 4.69) is 0 Å². The molecule has 100 valence electrons. The predicted octanol–water partition coefficient (Wildman–Crippen LogP) is 2.34. The van der Waals surface area contributed by atoms with Crippen molar-refractivity contribution in [3.8, 4) is 5.75 Å². The molecule has 2 unspecified atom stereocenters. The molecular formula is C12H15F3N2O. The number of halogens is 3. The number of hydrazine groups is 1. The lowest BCUT2D eigenvalue weighted by molar-refractivity contribution is -0.158. The van der Waals surface area contributed by atoms with Crippen LogP contribution >= 0.6 is 0 Å². The van der Waals surface area contributed by atoms with Crippen molar-refractivity contribution in [2.75, 3.05) is 6.61 Å². The van der Waals surface area contributed by atoms with Gasteiger partial charge in [0.2, 0.25) is 0 Å². The predicted molar refractivity (Wildman–Crippen MR) is 61.1 cm³/mol. The molecular weight excluding hydrogens is 245 g/mol. The molecule has 1 aliphatic rings. The summed E-state index contributed by atoms with van der Waals surface area (Å²) in [6.07, 6.45) is -3.83. The number of nitrogens with two attached hydrogens (primary N) is 1. The molecule has 0 radical (unpaired) electrons. The number of ether oxygens (including phenoxy) is 1. The highest BCUT2D eigenvalue weighted by Gasteiger charge is 2.41. The summed E-state index contributed by atoms with van der Waals surface area (Å²) in [6.45, 7) is 0.441. The van der Waals surface area contributed by atoms with Crippen LogP contribution < -0.4 is 16.0 Å². The van der Waals surface area contributed by atoms with E-state index in [0.29, 0.717) is 18.8 Å². The smallest absolute Gasteiger partial charge is 0.405 e. The molecule has 0 saturated heterocycles. The summed E-state index contributed by atoms with van der Waals surface area (Å²) in [7, 11) is 0. The molecule has 0 bridgehead atoms. The first-order valence-electron chi connectivity index (χ1n) is 5.77. The van der Waals surface area contributed by atoms with Gasteiger partial charge in [0.15, 0.2) is 0 Å². The lowest BCUT2D eigenvalue weighted by atomic mass is 9.87. The fourth-order valence-corrected chi connectivity index (χ4v) is 2.24. The first-order valence-corrected chi connectivity index (χ1v) is 5.77. The van der Waals surface area contributed by atoms with Crippen LogP contribution in [0.4, 0.5) is 13.2 Å². The highest BCUT2D eigenvalue weighted by Crippen LogP contribution is 2.38. The topological polar surface area (TPSA) is 47.3 Å². The highest BCUT2D eigenvalue weighted by molar-refractivity contribution is 5.37. The van der Waals surface area contributed by atoms with Crippen molar-refractivity contribution >= 4 is 0 Å². The Morgan fingerprint density at radius 1 is 1.39 bits per heavy atom. The average molecular weight is 260 g/mol. The second-order valence-corrected chi connectivity index (χ2v) is 4.37. The Kier molecular flexibility index (Phi) is 3.77. The van der Waals surface area contributed by atoms with Gasteiger partial charge in [-0.25, -0.2) is 5.43 Å². The van der Waals surface area contributed by atoms with Crippen LogP contribution in [0.2, 0.25) is 0 Å². The number of benzene rings is 1. The van der Waals surface area contributed by atoms with Crippen LogP contribution in [-0.2, 0) is 0 Å². The zero-order chi connectivity index (χ0) is 13.2. The third-order valence-corrected chi connectivity index (χ3v) is 3.20. The van der Waals surface area contributed by atoms with Gasteiger partial charge in [-0.15, -0.1) is 0 Å². The number of alkyl halides is 3. The molecule has 1 heterocycles. The van der Waals surface area contributed by atoms with Crippen LogP contribution in [0.1, 0.15) is 24.3 Å². The Morgan fingerprint density at radius 2 is 2.11 bits per heavy atom. The molecule has 1 aromatic rings. The van der Waals surface area contributed by atoms with Gasteiger partial charge in [-0.3, -0.25) is 5.84 Å². The van der Waals surface area contributed by atoms with Crippen molar-refractivity contribution < 1.29 is 17.9 Å². The van der Waals surface area contributed by atoms with Gasteiger partial charge in [0.1, 0.15) is 11.8 Å². The minimum atomic E-state index is -4.33. The monoisotopic (exact) mass is 260 g/mol. The number of nitrogens with one attached hydrogen (secondary N) is 1. The van der Waals surface area contributed by atoms with Gasteiger partial charge in [-0.1, -0.05) is 18.2 Å². The molecule has 1 aromatic carbocycles. The van der Waals surface area contributed by atoms with Crippen molar-refractivity contribution in [2.45, 2.75) is 31.0 Å². The molecule has 3 nitrogen and oxygen atoms in total. The van der Waals surface area contributed by atoms with Gasteiger partial charge >= 0.3 is 6.18 Å². The van der Waals surface area contributed by atoms with Crippen molar-refractivity contribution in [1.82, 2.24) is 5.43 Å². The number of fused-ring (bicyclic) bond motifs is 1. The molecule has 18 heavy (non-hydrogen) atoms. The summed E-state index contributed by atoms with van der Waals surface area (Å²) in [5.74, 6) is 5.48. The molecule has 0 spiro atoms. The third kappa shape index (κ3) is 2.76. The van der Waals surface area contributed by atoms with Crippen LogP contribution in [-0.4, -0.2) is 18.8 Å². The summed E-state index contributed by atoms with van der Waals surface area (Å²) in [5.41, 5.74) is 2.68. The molecule has 3 N–H and O–H groups in total. The van der Waals surface area contributed by atoms with Crippen LogP contribution in [0.25, 0.3) is 0 Å². The zero-order valence-corrected chi connectivity index (χ0v) is 9.70. The molecule has 0 amide bonds. The maximum atomic E-state index is 12.7. The van der Waals surface area contributed by atoms with Gasteiger partial charge in [-0.2, -0.15) is 13.2 Å². The van der Waals surface area contributed by atoms with Gasteiger partial charge in [0.05, 0.1) is 6.61 Å². The van der Waals surface area contributed by atoms with Crippen molar-refractivity contribution in [3.05, 3.63) is 29.8 Å². The van der Waals surface area contributed by atoms with E-state index in [9.17, 15) is 13.2 Å². The Bertz CT molecular complexity index is 409. The molecule has 0 saturated carbocycles. The van der Waals surface area contributed by atoms with E-state index in [1.807, 2.05) is 17.6 Å². The lowest BCUT2D eigenvalue weighted by Crippen LogP contribution is -2.47. The number of para-hydroxylation sites is 1. The maximum Gasteiger partial charge on any atom is 0.405 e. The second kappa shape index (κ2) is 5.16. The number of hydrogen-bond donors (Lipinski definition) is 2. The zero-order valence-electron chi connectivity index (χ0n) is 9.70. The summed E-state index contributed by atoms with van der Waals surface area (Å²) >= 11 is 0. The fourth-order valence-electron chi connectivity index (χ4n) is 2.24. The van der Waals surface area contributed by atoms with E-state index in [-0.39, 0.29) is 12.3 Å². The minimum absolute atomic E-state index is 0.0691. The van der Waals surface area contributed by atoms with Crippen LogP contribution in [0.3, 0.4) is 0 Å². The Morgan fingerprint density at radius 3 is 2.78 bits per heavy atom. The van der Waals surface area contributed by atoms with E-state index >= 15 is 0 Å². The third-order valence-electron chi connectivity index (χ3n) is 3.20. The summed E-state index contributed by atoms with van der Waals surface area (Å²) in [6, 6.07) is 5.51. The molecule has 2 atom stereocenters. The second-order valence-electron chi connectivity index (χ2n) is 4.37. The van der Waals surface area contributed by atoms with Crippen molar-refractivity contribution in [1.29, 1.82) is 0 Å². The van der Waals surface area contributed by atoms with Crippen LogP contribution in [0, 0.1) is 0 Å². The molecule has 0 fully saturated rings. The van der Waals surface area contributed by atoms with Gasteiger partial charge in [-0.05, 0) is 30.4 Å². The van der Waals surface area contributed by atoms with Crippen molar-refractivity contribution in [3.63, 3.8) is 0 Å². The standard InChI is InChI=1S/C12H15F3N2O/c13-12(14,15)11(17-16)7-8-5-6-18-10-4-2-1-3-9(8)10/h1-4,8,11,17H,5-7,16H2. The first kappa shape index (κ1) is 13.2. The fraction of sp³-hybridized carbons (Fsp3) is 0.500. The highest BCUT2D eigenvalue weighted by atomic mass is 19.4. The van der Waals surface area contributed by atoms with E-state index in [0.717, 1.165) is 5.56 Å². The molecule has 6 heteroatoms. The molecule has 2 rings (SSSR count). The van der Waals surface area contributed by atoms with Crippen LogP contribution in [0.5, 0.6) is 5.75 Å². The average Bonchev–Trinajstić information content (AvgIpc) is 2.34. The van der Waals surface area contributed by atoms with E-state index in [4.69, 9.17) is 10.6 Å². The Labute approximate surface area is 103 Å². The summed E-state index contributed by atoms with van der Waals surface area (Å²) in [4.78, 5) is 0. The lowest BCUT2D eigenvalue weighted by Gasteiger charge is -2.29. The Hall–Kier alpha value is -1.27. The first-order chi connectivity index (χ1) is 8.52. The van der Waals surface area contributed by atoms with E-state index in [1.165, 1.54) is 0 Å². The molecule has 1 aliphatic heterocycles. The minimum Gasteiger partial charge on any atom is -0.493 e. The quantitative estimate of drug-likeness (QED) is 0.647. The summed E-state index contributed by atoms with van der Waals surface area (Å²) in [5, 5.41) is 0.